The van der Waals surface area contributed by atoms with E-state index in [0.29, 0.717) is 18.7 Å². The van der Waals surface area contributed by atoms with E-state index in [1.165, 1.54) is 6.33 Å². The molecule has 3 heterocycles. The number of aliphatic hydroxyl groups excluding tert-OH is 1. The number of hydrogen-bond acceptors (Lipinski definition) is 7. The second-order valence-corrected chi connectivity index (χ2v) is 5.32. The minimum Gasteiger partial charge on any atom is -0.394 e. The molecule has 0 aromatic carbocycles. The monoisotopic (exact) mass is 290 g/mol. The fraction of sp³-hybridized carbons (Fsp3) is 0.333. The van der Waals surface area contributed by atoms with Crippen molar-refractivity contribution < 1.29 is 5.11 Å². The Morgan fingerprint density at radius 3 is 3.05 bits per heavy atom. The Balaban J connectivity index is 1.84. The number of aliphatic hydroxyl groups is 1. The fourth-order valence-corrected chi connectivity index (χ4v) is 2.57. The van der Waals surface area contributed by atoms with Crippen molar-refractivity contribution in [2.45, 2.75) is 20.0 Å². The zero-order chi connectivity index (χ0) is 13.9. The number of rotatable bonds is 5. The number of nitrogens with one attached hydrogen (secondary N) is 1. The van der Waals surface area contributed by atoms with Crippen molar-refractivity contribution in [2.24, 2.45) is 0 Å². The van der Waals surface area contributed by atoms with Gasteiger partial charge in [-0.1, -0.05) is 0 Å². The average Bonchev–Trinajstić information content (AvgIpc) is 3.04. The zero-order valence-electron chi connectivity index (χ0n) is 10.9. The lowest BCUT2D eigenvalue weighted by Crippen LogP contribution is -2.06. The van der Waals surface area contributed by atoms with Crippen molar-refractivity contribution in [3.8, 4) is 0 Å². The summed E-state index contributed by atoms with van der Waals surface area (Å²) in [4.78, 5) is 12.8. The van der Waals surface area contributed by atoms with Crippen LogP contribution < -0.4 is 5.32 Å². The molecule has 0 saturated carbocycles. The van der Waals surface area contributed by atoms with Gasteiger partial charge in [0.05, 0.1) is 42.0 Å². The van der Waals surface area contributed by atoms with Gasteiger partial charge in [0, 0.05) is 5.38 Å². The summed E-state index contributed by atoms with van der Waals surface area (Å²) in [5, 5.41) is 20.4. The molecule has 0 unspecified atom stereocenters. The molecule has 7 nitrogen and oxygen atoms in total. The number of fused-ring (bicyclic) bond motifs is 1. The van der Waals surface area contributed by atoms with E-state index in [2.05, 4.69) is 25.4 Å². The smallest absolute Gasteiger partial charge is 0.163 e. The fourth-order valence-electron chi connectivity index (χ4n) is 1.96. The third-order valence-electron chi connectivity index (χ3n) is 2.85. The van der Waals surface area contributed by atoms with E-state index in [1.807, 2.05) is 12.3 Å². The SMILES string of the molecule is Cc1nc(CNc2ncnc3c2cnn3CCO)cs1. The molecular weight excluding hydrogens is 276 g/mol. The van der Waals surface area contributed by atoms with Gasteiger partial charge in [-0.2, -0.15) is 5.10 Å². The Bertz CT molecular complexity index is 722. The summed E-state index contributed by atoms with van der Waals surface area (Å²) < 4.78 is 1.66. The summed E-state index contributed by atoms with van der Waals surface area (Å²) >= 11 is 1.63. The molecule has 0 spiro atoms. The molecule has 0 aliphatic rings. The van der Waals surface area contributed by atoms with Gasteiger partial charge >= 0.3 is 0 Å². The predicted octanol–water partition coefficient (Wildman–Crippen LogP) is 1.20. The first kappa shape index (κ1) is 12.9. The van der Waals surface area contributed by atoms with Crippen LogP contribution in [-0.2, 0) is 13.1 Å². The maximum Gasteiger partial charge on any atom is 0.163 e. The number of anilines is 1. The molecular formula is C12H14N6OS. The standard InChI is InChI=1S/C12H14N6OS/c1-8-17-9(6-20-8)4-13-11-10-5-16-18(2-3-19)12(10)15-7-14-11/h5-7,19H,2-4H2,1H3,(H,13,14,15). The first-order chi connectivity index (χ1) is 9.78. The summed E-state index contributed by atoms with van der Waals surface area (Å²) in [7, 11) is 0. The molecule has 3 rings (SSSR count). The van der Waals surface area contributed by atoms with Crippen LogP contribution in [0.1, 0.15) is 10.7 Å². The quantitative estimate of drug-likeness (QED) is 0.734. The van der Waals surface area contributed by atoms with E-state index in [1.54, 1.807) is 22.2 Å². The molecule has 8 heteroatoms. The molecule has 0 aliphatic heterocycles. The van der Waals surface area contributed by atoms with Crippen LogP contribution in [0.3, 0.4) is 0 Å². The van der Waals surface area contributed by atoms with Crippen LogP contribution in [0.15, 0.2) is 17.9 Å². The van der Waals surface area contributed by atoms with Crippen molar-refractivity contribution in [3.63, 3.8) is 0 Å². The molecule has 3 aromatic rings. The van der Waals surface area contributed by atoms with Crippen molar-refractivity contribution in [3.05, 3.63) is 28.6 Å². The summed E-state index contributed by atoms with van der Waals surface area (Å²) in [5.74, 6) is 0.727. The van der Waals surface area contributed by atoms with Crippen molar-refractivity contribution >= 4 is 28.2 Å². The molecule has 0 aliphatic carbocycles. The van der Waals surface area contributed by atoms with Gasteiger partial charge in [-0.05, 0) is 6.92 Å². The first-order valence-corrected chi connectivity index (χ1v) is 7.08. The van der Waals surface area contributed by atoms with Crippen LogP contribution in [0.4, 0.5) is 5.82 Å². The third kappa shape index (κ3) is 2.47. The Hall–Kier alpha value is -2.06. The molecule has 2 N–H and O–H groups in total. The molecule has 0 atom stereocenters. The average molecular weight is 290 g/mol. The van der Waals surface area contributed by atoms with Gasteiger partial charge in [0.1, 0.15) is 12.1 Å². The minimum absolute atomic E-state index is 0.0294. The van der Waals surface area contributed by atoms with Crippen LogP contribution in [0.5, 0.6) is 0 Å². The largest absolute Gasteiger partial charge is 0.394 e. The van der Waals surface area contributed by atoms with E-state index in [4.69, 9.17) is 5.11 Å². The number of aryl methyl sites for hydroxylation is 1. The van der Waals surface area contributed by atoms with Gasteiger partial charge in [-0.15, -0.1) is 11.3 Å². The van der Waals surface area contributed by atoms with Crippen LogP contribution in [0.2, 0.25) is 0 Å². The van der Waals surface area contributed by atoms with E-state index < -0.39 is 0 Å². The molecule has 0 radical (unpaired) electrons. The van der Waals surface area contributed by atoms with Crippen LogP contribution in [0, 0.1) is 6.92 Å². The second-order valence-electron chi connectivity index (χ2n) is 4.26. The van der Waals surface area contributed by atoms with E-state index in [-0.39, 0.29) is 6.61 Å². The highest BCUT2D eigenvalue weighted by atomic mass is 32.1. The Labute approximate surface area is 119 Å². The van der Waals surface area contributed by atoms with Gasteiger partial charge < -0.3 is 10.4 Å². The lowest BCUT2D eigenvalue weighted by molar-refractivity contribution is 0.271. The molecule has 20 heavy (non-hydrogen) atoms. The van der Waals surface area contributed by atoms with Crippen molar-refractivity contribution in [1.29, 1.82) is 0 Å². The maximum atomic E-state index is 8.99. The van der Waals surface area contributed by atoms with Gasteiger partial charge in [-0.3, -0.25) is 0 Å². The molecule has 0 saturated heterocycles. The normalized spacial score (nSPS) is 11.1. The van der Waals surface area contributed by atoms with Gasteiger partial charge in [0.25, 0.3) is 0 Å². The lowest BCUT2D eigenvalue weighted by Gasteiger charge is -2.05. The zero-order valence-corrected chi connectivity index (χ0v) is 11.8. The van der Waals surface area contributed by atoms with Crippen molar-refractivity contribution in [1.82, 2.24) is 24.7 Å². The third-order valence-corrected chi connectivity index (χ3v) is 3.67. The topological polar surface area (TPSA) is 88.8 Å². The highest BCUT2D eigenvalue weighted by Crippen LogP contribution is 2.19. The van der Waals surface area contributed by atoms with E-state index >= 15 is 0 Å². The predicted molar refractivity (Wildman–Crippen MR) is 76.6 cm³/mol. The Kier molecular flexibility index (Phi) is 3.57. The molecule has 0 fully saturated rings. The number of aromatic nitrogens is 5. The number of thiazole rings is 1. The first-order valence-electron chi connectivity index (χ1n) is 6.20. The highest BCUT2D eigenvalue weighted by Gasteiger charge is 2.09. The number of hydrogen-bond donors (Lipinski definition) is 2. The lowest BCUT2D eigenvalue weighted by atomic mass is 10.3. The molecule has 0 amide bonds. The number of nitrogens with zero attached hydrogens (tertiary/aromatic N) is 5. The maximum absolute atomic E-state index is 8.99. The van der Waals surface area contributed by atoms with Gasteiger partial charge in [0.15, 0.2) is 5.65 Å². The van der Waals surface area contributed by atoms with E-state index in [9.17, 15) is 0 Å². The van der Waals surface area contributed by atoms with Crippen LogP contribution in [-0.4, -0.2) is 36.4 Å². The van der Waals surface area contributed by atoms with Crippen LogP contribution in [0.25, 0.3) is 11.0 Å². The Morgan fingerprint density at radius 2 is 2.30 bits per heavy atom. The molecule has 0 bridgehead atoms. The molecule has 3 aromatic heterocycles. The van der Waals surface area contributed by atoms with Crippen LogP contribution >= 0.6 is 11.3 Å². The minimum atomic E-state index is 0.0294. The summed E-state index contributed by atoms with van der Waals surface area (Å²) in [6.45, 7) is 3.05. The van der Waals surface area contributed by atoms with Crippen molar-refractivity contribution in [2.75, 3.05) is 11.9 Å². The van der Waals surface area contributed by atoms with Gasteiger partial charge in [0.2, 0.25) is 0 Å². The van der Waals surface area contributed by atoms with Gasteiger partial charge in [-0.25, -0.2) is 19.6 Å². The van der Waals surface area contributed by atoms with E-state index in [0.717, 1.165) is 21.9 Å². The second kappa shape index (κ2) is 5.51. The summed E-state index contributed by atoms with van der Waals surface area (Å²) in [6, 6.07) is 0. The summed E-state index contributed by atoms with van der Waals surface area (Å²) in [5.41, 5.74) is 1.70. The summed E-state index contributed by atoms with van der Waals surface area (Å²) in [6.07, 6.45) is 3.20. The highest BCUT2D eigenvalue weighted by molar-refractivity contribution is 7.09. The molecule has 104 valence electrons. The Morgan fingerprint density at radius 1 is 1.40 bits per heavy atom.